The van der Waals surface area contributed by atoms with Crippen molar-refractivity contribution in [1.82, 2.24) is 14.8 Å². The first-order valence-corrected chi connectivity index (χ1v) is 11.9. The predicted octanol–water partition coefficient (Wildman–Crippen LogP) is 5.06. The average Bonchev–Trinajstić information content (AvgIpc) is 3.27. The van der Waals surface area contributed by atoms with Gasteiger partial charge < -0.3 is 19.9 Å². The van der Waals surface area contributed by atoms with Crippen molar-refractivity contribution >= 4 is 40.0 Å². The normalized spacial score (nSPS) is 17.2. The van der Waals surface area contributed by atoms with Crippen LogP contribution in [0.1, 0.15) is 29.6 Å². The highest BCUT2D eigenvalue weighted by atomic mass is 35.5. The number of nitrogens with one attached hydrogen (secondary N) is 1. The number of methoxy groups -OCH3 is 1. The van der Waals surface area contributed by atoms with Crippen LogP contribution in [-0.4, -0.2) is 60.0 Å². The second-order valence-corrected chi connectivity index (χ2v) is 9.53. The number of nitrogens with zero attached hydrogens (tertiary/aromatic N) is 3. The minimum Gasteiger partial charge on any atom is -0.481 e. The number of likely N-dealkylation sites (tertiary alicyclic amines) is 2. The van der Waals surface area contributed by atoms with E-state index in [-0.39, 0.29) is 22.5 Å². The molecular formula is C26H27ClN4O3. The third kappa shape index (κ3) is 4.40. The minimum atomic E-state index is -0.0735. The number of amides is 3. The van der Waals surface area contributed by atoms with Crippen LogP contribution in [0, 0.1) is 5.41 Å². The van der Waals surface area contributed by atoms with Crippen molar-refractivity contribution in [3.05, 3.63) is 65.3 Å². The number of aromatic nitrogens is 1. The number of fused-ring (bicyclic) bond motifs is 1. The average molecular weight is 479 g/mol. The van der Waals surface area contributed by atoms with Gasteiger partial charge in [0.05, 0.1) is 12.8 Å². The number of anilines is 1. The molecule has 2 fully saturated rings. The Morgan fingerprint density at radius 1 is 1.00 bits per heavy atom. The number of rotatable bonds is 3. The van der Waals surface area contributed by atoms with Gasteiger partial charge in [0.1, 0.15) is 5.15 Å². The third-order valence-corrected chi connectivity index (χ3v) is 7.29. The van der Waals surface area contributed by atoms with Gasteiger partial charge in [0.15, 0.2) is 0 Å². The van der Waals surface area contributed by atoms with Crippen molar-refractivity contribution in [2.24, 2.45) is 5.41 Å². The summed E-state index contributed by atoms with van der Waals surface area (Å²) >= 11 is 6.05. The van der Waals surface area contributed by atoms with E-state index in [9.17, 15) is 9.59 Å². The summed E-state index contributed by atoms with van der Waals surface area (Å²) in [5.41, 5.74) is 1.36. The number of hydrogen-bond acceptors (Lipinski definition) is 4. The second-order valence-electron chi connectivity index (χ2n) is 9.14. The summed E-state index contributed by atoms with van der Waals surface area (Å²) in [5, 5.41) is 5.46. The number of urea groups is 1. The van der Waals surface area contributed by atoms with E-state index >= 15 is 0 Å². The Morgan fingerprint density at radius 2 is 1.71 bits per heavy atom. The van der Waals surface area contributed by atoms with E-state index in [2.05, 4.69) is 10.3 Å². The van der Waals surface area contributed by atoms with E-state index < -0.39 is 0 Å². The van der Waals surface area contributed by atoms with Crippen LogP contribution < -0.4 is 10.1 Å². The predicted molar refractivity (Wildman–Crippen MR) is 133 cm³/mol. The molecule has 3 amide bonds. The molecule has 7 nitrogen and oxygen atoms in total. The van der Waals surface area contributed by atoms with Crippen molar-refractivity contribution in [2.75, 3.05) is 38.6 Å². The molecule has 0 radical (unpaired) electrons. The van der Waals surface area contributed by atoms with E-state index in [1.165, 1.54) is 7.11 Å². The van der Waals surface area contributed by atoms with Gasteiger partial charge in [-0.3, -0.25) is 4.79 Å². The molecule has 8 heteroatoms. The molecule has 34 heavy (non-hydrogen) atoms. The molecule has 3 aromatic rings. The van der Waals surface area contributed by atoms with Crippen molar-refractivity contribution in [3.8, 4) is 5.88 Å². The number of ether oxygens (including phenoxy) is 1. The molecular weight excluding hydrogens is 452 g/mol. The summed E-state index contributed by atoms with van der Waals surface area (Å²) in [7, 11) is 1.50. The summed E-state index contributed by atoms with van der Waals surface area (Å²) in [6.45, 7) is 2.73. The molecule has 0 saturated carbocycles. The Kier molecular flexibility index (Phi) is 6.04. The fourth-order valence-corrected chi connectivity index (χ4v) is 5.31. The molecule has 1 N–H and O–H groups in total. The Bertz CT molecular complexity index is 1230. The Hall–Kier alpha value is -3.32. The summed E-state index contributed by atoms with van der Waals surface area (Å²) in [6.07, 6.45) is 2.69. The molecule has 2 aliphatic heterocycles. The summed E-state index contributed by atoms with van der Waals surface area (Å²) in [6, 6.07) is 17.1. The lowest BCUT2D eigenvalue weighted by Crippen LogP contribution is -2.46. The van der Waals surface area contributed by atoms with Gasteiger partial charge >= 0.3 is 6.03 Å². The maximum atomic E-state index is 13.1. The number of halogens is 1. The highest BCUT2D eigenvalue weighted by Gasteiger charge is 2.43. The number of piperidine rings is 1. The molecule has 2 aromatic carbocycles. The largest absolute Gasteiger partial charge is 0.481 e. The molecule has 0 unspecified atom stereocenters. The maximum absolute atomic E-state index is 13.1. The van der Waals surface area contributed by atoms with Crippen molar-refractivity contribution in [2.45, 2.75) is 19.3 Å². The van der Waals surface area contributed by atoms with Crippen LogP contribution in [0.3, 0.4) is 0 Å². The summed E-state index contributed by atoms with van der Waals surface area (Å²) in [4.78, 5) is 33.9. The maximum Gasteiger partial charge on any atom is 0.321 e. The van der Waals surface area contributed by atoms with Crippen molar-refractivity contribution < 1.29 is 14.3 Å². The Balaban J connectivity index is 1.21. The molecule has 2 aliphatic rings. The quantitative estimate of drug-likeness (QED) is 0.534. The lowest BCUT2D eigenvalue weighted by atomic mass is 9.78. The first kappa shape index (κ1) is 22.5. The molecule has 5 rings (SSSR count). The Labute approximate surface area is 203 Å². The molecule has 176 valence electrons. The standard InChI is InChI=1S/C26H27ClN4O3/c1-34-23-16-19(15-22(27)29-23)24(32)31-14-11-26(17-31)9-12-30(13-10-26)25(33)28-21-8-4-6-18-5-2-3-7-20(18)21/h2-8,15-16H,9-14,17H2,1H3,(H,28,33). The zero-order valence-corrected chi connectivity index (χ0v) is 19.8. The van der Waals surface area contributed by atoms with E-state index in [0.717, 1.165) is 35.7 Å². The van der Waals surface area contributed by atoms with Gasteiger partial charge in [-0.15, -0.1) is 0 Å². The fourth-order valence-electron chi connectivity index (χ4n) is 5.11. The lowest BCUT2D eigenvalue weighted by Gasteiger charge is -2.39. The van der Waals surface area contributed by atoms with Crippen LogP contribution in [0.4, 0.5) is 10.5 Å². The van der Waals surface area contributed by atoms with Gasteiger partial charge in [-0.25, -0.2) is 9.78 Å². The number of pyridine rings is 1. The molecule has 3 heterocycles. The van der Waals surface area contributed by atoms with E-state index in [1.807, 2.05) is 52.3 Å². The SMILES string of the molecule is COc1cc(C(=O)N2CCC3(CCN(C(=O)Nc4cccc5ccccc45)CC3)C2)cc(Cl)n1. The smallest absolute Gasteiger partial charge is 0.321 e. The van der Waals surface area contributed by atoms with Crippen LogP contribution in [-0.2, 0) is 0 Å². The van der Waals surface area contributed by atoms with Crippen LogP contribution in [0.5, 0.6) is 5.88 Å². The highest BCUT2D eigenvalue weighted by molar-refractivity contribution is 6.29. The molecule has 0 aliphatic carbocycles. The molecule has 0 atom stereocenters. The second kappa shape index (κ2) is 9.14. The van der Waals surface area contributed by atoms with Gasteiger partial charge in [0.2, 0.25) is 5.88 Å². The summed E-state index contributed by atoms with van der Waals surface area (Å²) in [5.74, 6) is 0.269. The van der Waals surface area contributed by atoms with Crippen LogP contribution in [0.25, 0.3) is 10.8 Å². The molecule has 1 aromatic heterocycles. The van der Waals surface area contributed by atoms with Crippen LogP contribution in [0.15, 0.2) is 54.6 Å². The first-order chi connectivity index (χ1) is 16.5. The number of carbonyl (C=O) groups excluding carboxylic acids is 2. The highest BCUT2D eigenvalue weighted by Crippen LogP contribution is 2.41. The van der Waals surface area contributed by atoms with Crippen LogP contribution >= 0.6 is 11.6 Å². The molecule has 2 saturated heterocycles. The fraction of sp³-hybridized carbons (Fsp3) is 0.346. The number of hydrogen-bond donors (Lipinski definition) is 1. The number of carbonyl (C=O) groups is 2. The Morgan fingerprint density at radius 3 is 2.47 bits per heavy atom. The van der Waals surface area contributed by atoms with Gasteiger partial charge in [0, 0.05) is 43.2 Å². The number of benzene rings is 2. The minimum absolute atomic E-state index is 0.0484. The first-order valence-electron chi connectivity index (χ1n) is 11.5. The summed E-state index contributed by atoms with van der Waals surface area (Å²) < 4.78 is 5.15. The van der Waals surface area contributed by atoms with E-state index in [4.69, 9.17) is 16.3 Å². The molecule has 0 bridgehead atoms. The topological polar surface area (TPSA) is 74.8 Å². The van der Waals surface area contributed by atoms with E-state index in [1.54, 1.807) is 12.1 Å². The van der Waals surface area contributed by atoms with Gasteiger partial charge in [-0.05, 0) is 42.2 Å². The van der Waals surface area contributed by atoms with Gasteiger partial charge in [0.25, 0.3) is 5.91 Å². The lowest BCUT2D eigenvalue weighted by molar-refractivity contribution is 0.0739. The monoisotopic (exact) mass is 478 g/mol. The van der Waals surface area contributed by atoms with Gasteiger partial charge in [-0.2, -0.15) is 0 Å². The van der Waals surface area contributed by atoms with E-state index in [0.29, 0.717) is 37.6 Å². The zero-order chi connectivity index (χ0) is 23.7. The molecule has 1 spiro atoms. The van der Waals surface area contributed by atoms with Crippen molar-refractivity contribution in [3.63, 3.8) is 0 Å². The zero-order valence-electron chi connectivity index (χ0n) is 19.1. The third-order valence-electron chi connectivity index (χ3n) is 7.09. The van der Waals surface area contributed by atoms with Gasteiger partial charge in [-0.1, -0.05) is 48.0 Å². The van der Waals surface area contributed by atoms with Crippen molar-refractivity contribution in [1.29, 1.82) is 0 Å². The van der Waals surface area contributed by atoms with Crippen LogP contribution in [0.2, 0.25) is 5.15 Å².